The minimum absolute atomic E-state index is 0.281. The van der Waals surface area contributed by atoms with Crippen molar-refractivity contribution >= 4 is 23.2 Å². The lowest BCUT2D eigenvalue weighted by Crippen LogP contribution is -2.42. The number of benzene rings is 2. The van der Waals surface area contributed by atoms with Crippen LogP contribution >= 0.6 is 0 Å². The maximum atomic E-state index is 12.5. The minimum Gasteiger partial charge on any atom is -0.324 e. The molecule has 0 radical (unpaired) electrons. The molecule has 0 atom stereocenters. The van der Waals surface area contributed by atoms with E-state index in [1.54, 1.807) is 0 Å². The molecule has 2 aromatic carbocycles. The molecule has 2 N–H and O–H groups in total. The predicted octanol–water partition coefficient (Wildman–Crippen LogP) is 1.88. The van der Waals surface area contributed by atoms with Crippen molar-refractivity contribution in [3.8, 4) is 0 Å². The van der Waals surface area contributed by atoms with Crippen molar-refractivity contribution in [1.82, 2.24) is 0 Å². The maximum Gasteiger partial charge on any atom is 0.249 e. The van der Waals surface area contributed by atoms with Crippen LogP contribution in [0.1, 0.15) is 11.1 Å². The fourth-order valence-electron chi connectivity index (χ4n) is 3.01. The number of fused-ring (bicyclic) bond motifs is 4. The Kier molecular flexibility index (Phi) is 1.75. The normalized spacial score (nSPS) is 17.9. The Morgan fingerprint density at radius 3 is 1.58 bits per heavy atom. The predicted molar refractivity (Wildman–Crippen MR) is 70.9 cm³/mol. The third-order valence-electron chi connectivity index (χ3n) is 3.84. The Labute approximate surface area is 109 Å². The summed E-state index contributed by atoms with van der Waals surface area (Å²) in [6, 6.07) is 14.7. The summed E-state index contributed by atoms with van der Waals surface area (Å²) in [7, 11) is 0. The molecule has 0 bridgehead atoms. The average molecular weight is 250 g/mol. The van der Waals surface area contributed by atoms with E-state index < -0.39 is 5.41 Å². The molecule has 2 aromatic rings. The second kappa shape index (κ2) is 3.23. The summed E-state index contributed by atoms with van der Waals surface area (Å²) in [4.78, 5) is 24.9. The second-order valence-corrected chi connectivity index (χ2v) is 4.75. The van der Waals surface area contributed by atoms with E-state index in [9.17, 15) is 9.59 Å². The highest BCUT2D eigenvalue weighted by atomic mass is 16.2. The van der Waals surface area contributed by atoms with Gasteiger partial charge in [0.2, 0.25) is 11.8 Å². The van der Waals surface area contributed by atoms with Gasteiger partial charge in [-0.15, -0.1) is 0 Å². The van der Waals surface area contributed by atoms with Gasteiger partial charge in [0.05, 0.1) is 0 Å². The zero-order chi connectivity index (χ0) is 13.0. The highest BCUT2D eigenvalue weighted by Crippen LogP contribution is 2.49. The lowest BCUT2D eigenvalue weighted by atomic mass is 9.76. The molecule has 0 aromatic heterocycles. The second-order valence-electron chi connectivity index (χ2n) is 4.75. The molecule has 2 heterocycles. The van der Waals surface area contributed by atoms with Crippen molar-refractivity contribution in [2.24, 2.45) is 0 Å². The van der Waals surface area contributed by atoms with Gasteiger partial charge in [-0.05, 0) is 12.1 Å². The number of para-hydroxylation sites is 2. The van der Waals surface area contributed by atoms with E-state index in [1.165, 1.54) is 0 Å². The van der Waals surface area contributed by atoms with Gasteiger partial charge in [0.15, 0.2) is 5.41 Å². The molecule has 0 aliphatic carbocycles. The zero-order valence-corrected chi connectivity index (χ0v) is 9.94. The highest BCUT2D eigenvalue weighted by molar-refractivity contribution is 6.29. The molecule has 19 heavy (non-hydrogen) atoms. The van der Waals surface area contributed by atoms with Crippen LogP contribution in [0.5, 0.6) is 0 Å². The molecular formula is C15H10N2O2. The first-order valence-electron chi connectivity index (χ1n) is 6.06. The molecule has 4 nitrogen and oxygen atoms in total. The lowest BCUT2D eigenvalue weighted by Gasteiger charge is -2.19. The van der Waals surface area contributed by atoms with E-state index in [0.29, 0.717) is 11.4 Å². The van der Waals surface area contributed by atoms with Gasteiger partial charge in [0, 0.05) is 22.5 Å². The van der Waals surface area contributed by atoms with Crippen molar-refractivity contribution in [2.75, 3.05) is 10.6 Å². The van der Waals surface area contributed by atoms with Gasteiger partial charge in [0.25, 0.3) is 0 Å². The first-order chi connectivity index (χ1) is 9.24. The van der Waals surface area contributed by atoms with E-state index in [1.807, 2.05) is 48.5 Å². The van der Waals surface area contributed by atoms with Crippen molar-refractivity contribution < 1.29 is 9.59 Å². The summed E-state index contributed by atoms with van der Waals surface area (Å²) in [5.41, 5.74) is 1.64. The molecular weight excluding hydrogens is 240 g/mol. The molecule has 0 saturated heterocycles. The number of carbonyl (C=O) groups excluding carboxylic acids is 2. The Morgan fingerprint density at radius 2 is 1.11 bits per heavy atom. The van der Waals surface area contributed by atoms with E-state index >= 15 is 0 Å². The first-order valence-corrected chi connectivity index (χ1v) is 6.06. The van der Waals surface area contributed by atoms with Gasteiger partial charge in [0.1, 0.15) is 0 Å². The molecule has 0 unspecified atom stereocenters. The molecule has 2 aliphatic rings. The van der Waals surface area contributed by atoms with Crippen LogP contribution in [0.25, 0.3) is 0 Å². The Hall–Kier alpha value is -2.62. The summed E-state index contributed by atoms with van der Waals surface area (Å²) < 4.78 is 0. The van der Waals surface area contributed by atoms with Gasteiger partial charge >= 0.3 is 0 Å². The summed E-state index contributed by atoms with van der Waals surface area (Å²) in [6.45, 7) is 0. The van der Waals surface area contributed by atoms with Crippen LogP contribution in [0, 0.1) is 0 Å². The van der Waals surface area contributed by atoms with Gasteiger partial charge < -0.3 is 10.6 Å². The minimum atomic E-state index is -1.23. The highest BCUT2D eigenvalue weighted by Gasteiger charge is 2.58. The Balaban J connectivity index is 2.10. The lowest BCUT2D eigenvalue weighted by molar-refractivity contribution is -0.128. The topological polar surface area (TPSA) is 58.2 Å². The number of amides is 2. The standard InChI is InChI=1S/C15H10N2O2/c18-13-15(9-5-1-3-7-11(9)16-13)10-6-2-4-8-12(10)17-14(15)19/h1-8H,(H,16,18)(H,17,19). The molecule has 0 saturated carbocycles. The van der Waals surface area contributed by atoms with Crippen LogP contribution in [0.4, 0.5) is 11.4 Å². The molecule has 92 valence electrons. The van der Waals surface area contributed by atoms with Crippen LogP contribution in [0.2, 0.25) is 0 Å². The third-order valence-corrected chi connectivity index (χ3v) is 3.84. The smallest absolute Gasteiger partial charge is 0.249 e. The van der Waals surface area contributed by atoms with E-state index in [-0.39, 0.29) is 11.8 Å². The molecule has 4 rings (SSSR count). The van der Waals surface area contributed by atoms with Crippen LogP contribution in [-0.2, 0) is 15.0 Å². The number of hydrogen-bond donors (Lipinski definition) is 2. The number of rotatable bonds is 0. The fraction of sp³-hybridized carbons (Fsp3) is 0.0667. The van der Waals surface area contributed by atoms with Gasteiger partial charge in [-0.25, -0.2) is 0 Å². The summed E-state index contributed by atoms with van der Waals surface area (Å²) in [5, 5.41) is 5.60. The number of anilines is 2. The Bertz CT molecular complexity index is 673. The van der Waals surface area contributed by atoms with Crippen LogP contribution in [0.3, 0.4) is 0 Å². The quantitative estimate of drug-likeness (QED) is 0.701. The maximum absolute atomic E-state index is 12.5. The summed E-state index contributed by atoms with van der Waals surface area (Å²) in [5.74, 6) is -0.563. The van der Waals surface area contributed by atoms with Gasteiger partial charge in [-0.1, -0.05) is 36.4 Å². The monoisotopic (exact) mass is 250 g/mol. The van der Waals surface area contributed by atoms with E-state index in [4.69, 9.17) is 0 Å². The van der Waals surface area contributed by atoms with E-state index in [2.05, 4.69) is 10.6 Å². The Morgan fingerprint density at radius 1 is 0.684 bits per heavy atom. The molecule has 2 aliphatic heterocycles. The molecule has 0 fully saturated rings. The summed E-state index contributed by atoms with van der Waals surface area (Å²) >= 11 is 0. The van der Waals surface area contributed by atoms with E-state index in [0.717, 1.165) is 11.1 Å². The number of carbonyl (C=O) groups is 2. The van der Waals surface area contributed by atoms with Crippen LogP contribution < -0.4 is 10.6 Å². The fourth-order valence-corrected chi connectivity index (χ4v) is 3.01. The van der Waals surface area contributed by atoms with Gasteiger partial charge in [-0.2, -0.15) is 0 Å². The average Bonchev–Trinajstić information content (AvgIpc) is 2.88. The number of nitrogens with one attached hydrogen (secondary N) is 2. The largest absolute Gasteiger partial charge is 0.324 e. The van der Waals surface area contributed by atoms with Gasteiger partial charge in [-0.3, -0.25) is 9.59 Å². The number of hydrogen-bond acceptors (Lipinski definition) is 2. The molecule has 4 heteroatoms. The molecule has 2 amide bonds. The van der Waals surface area contributed by atoms with Crippen molar-refractivity contribution in [2.45, 2.75) is 5.41 Å². The van der Waals surface area contributed by atoms with Crippen molar-refractivity contribution in [3.63, 3.8) is 0 Å². The molecule has 1 spiro atoms. The SMILES string of the molecule is O=C1Nc2ccccc2C12C(=O)Nc1ccccc12. The summed E-state index contributed by atoms with van der Waals surface area (Å²) in [6.07, 6.45) is 0. The third kappa shape index (κ3) is 1.04. The first kappa shape index (κ1) is 10.3. The van der Waals surface area contributed by atoms with Crippen LogP contribution in [0.15, 0.2) is 48.5 Å². The van der Waals surface area contributed by atoms with Crippen molar-refractivity contribution in [1.29, 1.82) is 0 Å². The zero-order valence-electron chi connectivity index (χ0n) is 9.94. The van der Waals surface area contributed by atoms with Crippen molar-refractivity contribution in [3.05, 3.63) is 59.7 Å². The van der Waals surface area contributed by atoms with Crippen LogP contribution in [-0.4, -0.2) is 11.8 Å².